The summed E-state index contributed by atoms with van der Waals surface area (Å²) in [5, 5.41) is 4.10. The number of benzene rings is 1. The molecule has 0 bridgehead atoms. The number of aromatic nitrogens is 2. The van der Waals surface area contributed by atoms with Gasteiger partial charge in [0, 0.05) is 6.07 Å². The molecule has 3 aromatic rings. The van der Waals surface area contributed by atoms with Gasteiger partial charge in [0.05, 0.1) is 22.1 Å². The number of imidazole rings is 1. The molecule has 0 aliphatic rings. The molecule has 0 saturated heterocycles. The summed E-state index contributed by atoms with van der Waals surface area (Å²) in [7, 11) is 0. The molecule has 0 radical (unpaired) electrons. The van der Waals surface area contributed by atoms with E-state index in [1.807, 2.05) is 28.3 Å². The van der Waals surface area contributed by atoms with E-state index in [0.717, 1.165) is 5.56 Å². The van der Waals surface area contributed by atoms with Gasteiger partial charge in [0.25, 0.3) is 0 Å². The molecule has 0 amide bonds. The van der Waals surface area contributed by atoms with Crippen LogP contribution in [0.25, 0.3) is 11.0 Å². The van der Waals surface area contributed by atoms with Crippen molar-refractivity contribution in [3.05, 3.63) is 45.4 Å². The summed E-state index contributed by atoms with van der Waals surface area (Å²) in [4.78, 5) is 4.24. The van der Waals surface area contributed by atoms with Crippen molar-refractivity contribution in [3.63, 3.8) is 0 Å². The molecule has 3 rings (SSSR count). The SMILES string of the molecule is CC(c1ccsc1)n1c(N)nc2cc(Cl)c(F)cc21. The van der Waals surface area contributed by atoms with Crippen molar-refractivity contribution in [2.75, 3.05) is 5.73 Å². The Morgan fingerprint density at radius 3 is 2.95 bits per heavy atom. The number of nitrogens with two attached hydrogens (primary N) is 1. The molecule has 3 nitrogen and oxygen atoms in total. The quantitative estimate of drug-likeness (QED) is 0.774. The summed E-state index contributed by atoms with van der Waals surface area (Å²) in [5.74, 6) is -0.108. The fourth-order valence-corrected chi connectivity index (χ4v) is 3.08. The number of nitrogens with zero attached hydrogens (tertiary/aromatic N) is 2. The van der Waals surface area contributed by atoms with Crippen LogP contribution in [0.1, 0.15) is 18.5 Å². The number of anilines is 1. The van der Waals surface area contributed by atoms with E-state index in [2.05, 4.69) is 4.98 Å². The highest BCUT2D eigenvalue weighted by Crippen LogP contribution is 2.30. The summed E-state index contributed by atoms with van der Waals surface area (Å²) < 4.78 is 15.4. The van der Waals surface area contributed by atoms with Crippen molar-refractivity contribution in [2.24, 2.45) is 0 Å². The molecular weight excluding hydrogens is 285 g/mol. The lowest BCUT2D eigenvalue weighted by Gasteiger charge is -2.14. The maximum absolute atomic E-state index is 13.6. The highest BCUT2D eigenvalue weighted by molar-refractivity contribution is 7.07. The van der Waals surface area contributed by atoms with E-state index in [0.29, 0.717) is 17.0 Å². The zero-order valence-corrected chi connectivity index (χ0v) is 11.7. The van der Waals surface area contributed by atoms with E-state index in [1.165, 1.54) is 12.1 Å². The van der Waals surface area contributed by atoms with Crippen LogP contribution >= 0.6 is 22.9 Å². The first kappa shape index (κ1) is 12.4. The molecule has 2 aromatic heterocycles. The Kier molecular flexibility index (Phi) is 2.95. The van der Waals surface area contributed by atoms with Gasteiger partial charge in [0.2, 0.25) is 5.95 Å². The highest BCUT2D eigenvalue weighted by Gasteiger charge is 2.17. The fourth-order valence-electron chi connectivity index (χ4n) is 2.18. The minimum absolute atomic E-state index is 0.00294. The lowest BCUT2D eigenvalue weighted by molar-refractivity contribution is 0.625. The Morgan fingerprint density at radius 2 is 2.26 bits per heavy atom. The molecule has 0 saturated carbocycles. The standard InChI is InChI=1S/C13H11ClFN3S/c1-7(8-2-3-19-6-8)18-12-5-10(15)9(14)4-11(12)17-13(18)16/h2-7H,1H3,(H2,16,17). The van der Waals surface area contributed by atoms with Crippen molar-refractivity contribution in [3.8, 4) is 0 Å². The molecule has 1 aromatic carbocycles. The maximum Gasteiger partial charge on any atom is 0.201 e. The van der Waals surface area contributed by atoms with Gasteiger partial charge in [0.15, 0.2) is 0 Å². The maximum atomic E-state index is 13.6. The molecule has 0 spiro atoms. The van der Waals surface area contributed by atoms with Crippen LogP contribution in [-0.4, -0.2) is 9.55 Å². The number of fused-ring (bicyclic) bond motifs is 1. The molecular formula is C13H11ClFN3S. The molecule has 0 fully saturated rings. The topological polar surface area (TPSA) is 43.8 Å². The van der Waals surface area contributed by atoms with Crippen molar-refractivity contribution in [2.45, 2.75) is 13.0 Å². The van der Waals surface area contributed by atoms with Gasteiger partial charge in [-0.25, -0.2) is 9.37 Å². The molecule has 2 heterocycles. The van der Waals surface area contributed by atoms with Crippen LogP contribution in [0.3, 0.4) is 0 Å². The van der Waals surface area contributed by atoms with Gasteiger partial charge in [0.1, 0.15) is 5.82 Å². The number of hydrogen-bond acceptors (Lipinski definition) is 3. The summed E-state index contributed by atoms with van der Waals surface area (Å²) in [6, 6.07) is 4.90. The zero-order chi connectivity index (χ0) is 13.6. The lowest BCUT2D eigenvalue weighted by atomic mass is 10.1. The van der Waals surface area contributed by atoms with Gasteiger partial charge in [-0.3, -0.25) is 0 Å². The van der Waals surface area contributed by atoms with Crippen molar-refractivity contribution in [1.29, 1.82) is 0 Å². The Labute approximate surface area is 118 Å². The lowest BCUT2D eigenvalue weighted by Crippen LogP contribution is -2.09. The van der Waals surface area contributed by atoms with Crippen LogP contribution in [0.5, 0.6) is 0 Å². The number of hydrogen-bond donors (Lipinski definition) is 1. The molecule has 0 aliphatic heterocycles. The molecule has 19 heavy (non-hydrogen) atoms. The smallest absolute Gasteiger partial charge is 0.201 e. The minimum Gasteiger partial charge on any atom is -0.369 e. The van der Waals surface area contributed by atoms with Crippen LogP contribution in [0, 0.1) is 5.82 Å². The third-order valence-electron chi connectivity index (χ3n) is 3.17. The van der Waals surface area contributed by atoms with Gasteiger partial charge >= 0.3 is 0 Å². The average molecular weight is 296 g/mol. The Balaban J connectivity index is 2.23. The molecule has 0 aliphatic carbocycles. The van der Waals surface area contributed by atoms with Crippen LogP contribution in [0.15, 0.2) is 29.0 Å². The third kappa shape index (κ3) is 1.99. The third-order valence-corrected chi connectivity index (χ3v) is 4.16. The van der Waals surface area contributed by atoms with Crippen LogP contribution < -0.4 is 5.73 Å². The molecule has 98 valence electrons. The Bertz CT molecular complexity index is 736. The zero-order valence-electron chi connectivity index (χ0n) is 10.1. The van der Waals surface area contributed by atoms with Gasteiger partial charge in [-0.05, 0) is 35.4 Å². The van der Waals surface area contributed by atoms with E-state index >= 15 is 0 Å². The first-order valence-corrected chi connectivity index (χ1v) is 7.04. The van der Waals surface area contributed by atoms with E-state index in [9.17, 15) is 4.39 Å². The molecule has 1 unspecified atom stereocenters. The number of nitrogen functional groups attached to an aromatic ring is 1. The van der Waals surface area contributed by atoms with Gasteiger partial charge < -0.3 is 10.3 Å². The van der Waals surface area contributed by atoms with Crippen LogP contribution in [0.4, 0.5) is 10.3 Å². The monoisotopic (exact) mass is 295 g/mol. The first-order valence-electron chi connectivity index (χ1n) is 5.72. The summed E-state index contributed by atoms with van der Waals surface area (Å²) in [5.41, 5.74) is 8.32. The van der Waals surface area contributed by atoms with Crippen molar-refractivity contribution >= 4 is 39.9 Å². The predicted molar refractivity (Wildman–Crippen MR) is 77.2 cm³/mol. The van der Waals surface area contributed by atoms with E-state index in [1.54, 1.807) is 11.3 Å². The van der Waals surface area contributed by atoms with Gasteiger partial charge in [-0.15, -0.1) is 0 Å². The number of halogens is 2. The first-order chi connectivity index (χ1) is 9.08. The van der Waals surface area contributed by atoms with E-state index < -0.39 is 5.82 Å². The van der Waals surface area contributed by atoms with Crippen LogP contribution in [0.2, 0.25) is 5.02 Å². The molecule has 1 atom stereocenters. The average Bonchev–Trinajstić information content (AvgIpc) is 2.97. The predicted octanol–water partition coefficient (Wildman–Crippen LogP) is 4.08. The summed E-state index contributed by atoms with van der Waals surface area (Å²) in [6.07, 6.45) is 0. The van der Waals surface area contributed by atoms with Crippen LogP contribution in [-0.2, 0) is 0 Å². The minimum atomic E-state index is -0.465. The highest BCUT2D eigenvalue weighted by atomic mass is 35.5. The second kappa shape index (κ2) is 4.51. The molecule has 6 heteroatoms. The summed E-state index contributed by atoms with van der Waals surface area (Å²) in [6.45, 7) is 2.01. The normalized spacial score (nSPS) is 13.0. The number of thiophene rings is 1. The van der Waals surface area contributed by atoms with E-state index in [-0.39, 0.29) is 11.1 Å². The van der Waals surface area contributed by atoms with E-state index in [4.69, 9.17) is 17.3 Å². The fraction of sp³-hybridized carbons (Fsp3) is 0.154. The second-order valence-electron chi connectivity index (χ2n) is 4.33. The number of rotatable bonds is 2. The van der Waals surface area contributed by atoms with Crippen molar-refractivity contribution in [1.82, 2.24) is 9.55 Å². The molecule has 2 N–H and O–H groups in total. The Hall–Kier alpha value is -1.59. The summed E-state index contributed by atoms with van der Waals surface area (Å²) >= 11 is 7.38. The van der Waals surface area contributed by atoms with Crippen molar-refractivity contribution < 1.29 is 4.39 Å². The van der Waals surface area contributed by atoms with Gasteiger partial charge in [-0.1, -0.05) is 11.6 Å². The second-order valence-corrected chi connectivity index (χ2v) is 5.51. The van der Waals surface area contributed by atoms with Gasteiger partial charge in [-0.2, -0.15) is 11.3 Å². The Morgan fingerprint density at radius 1 is 1.47 bits per heavy atom. The largest absolute Gasteiger partial charge is 0.369 e.